The molecular formula is C17H21ClN2O2. The fourth-order valence-corrected chi connectivity index (χ4v) is 3.13. The molecule has 0 bridgehead atoms. The average Bonchev–Trinajstić information content (AvgIpc) is 3.18. The third-order valence-corrected chi connectivity index (χ3v) is 4.87. The molecule has 0 aromatic heterocycles. The molecule has 0 radical (unpaired) electrons. The van der Waals surface area contributed by atoms with E-state index in [-0.39, 0.29) is 30.0 Å². The molecule has 4 nitrogen and oxygen atoms in total. The van der Waals surface area contributed by atoms with Crippen LogP contribution in [0.4, 0.5) is 4.79 Å². The Hall–Kier alpha value is -1.52. The van der Waals surface area contributed by atoms with Crippen LogP contribution in [-0.4, -0.2) is 30.3 Å². The summed E-state index contributed by atoms with van der Waals surface area (Å²) in [6, 6.07) is 7.75. The van der Waals surface area contributed by atoms with Gasteiger partial charge in [-0.2, -0.15) is 0 Å². The van der Waals surface area contributed by atoms with Crippen molar-refractivity contribution in [2.24, 2.45) is 5.92 Å². The number of urea groups is 1. The molecular weight excluding hydrogens is 300 g/mol. The zero-order valence-corrected chi connectivity index (χ0v) is 13.1. The second-order valence-electron chi connectivity index (χ2n) is 6.28. The van der Waals surface area contributed by atoms with Gasteiger partial charge in [-0.1, -0.05) is 35.9 Å². The molecule has 0 aliphatic heterocycles. The van der Waals surface area contributed by atoms with E-state index in [1.807, 2.05) is 36.4 Å². The molecule has 3 rings (SSSR count). The van der Waals surface area contributed by atoms with Gasteiger partial charge in [0, 0.05) is 35.5 Å². The van der Waals surface area contributed by atoms with E-state index in [4.69, 9.17) is 16.7 Å². The molecule has 1 aromatic rings. The van der Waals surface area contributed by atoms with Crippen molar-refractivity contribution in [3.05, 3.63) is 47.0 Å². The van der Waals surface area contributed by atoms with Crippen molar-refractivity contribution >= 4 is 17.6 Å². The Morgan fingerprint density at radius 1 is 1.27 bits per heavy atom. The monoisotopic (exact) mass is 320 g/mol. The summed E-state index contributed by atoms with van der Waals surface area (Å²) in [5.41, 5.74) is 1.31. The maximum absolute atomic E-state index is 12.0. The van der Waals surface area contributed by atoms with E-state index < -0.39 is 0 Å². The van der Waals surface area contributed by atoms with Crippen LogP contribution in [0, 0.1) is 5.92 Å². The highest BCUT2D eigenvalue weighted by Crippen LogP contribution is 2.47. The highest BCUT2D eigenvalue weighted by Gasteiger charge is 2.44. The quantitative estimate of drug-likeness (QED) is 0.730. The largest absolute Gasteiger partial charge is 0.396 e. The van der Waals surface area contributed by atoms with Crippen LogP contribution >= 0.6 is 11.6 Å². The van der Waals surface area contributed by atoms with Crippen LogP contribution in [0.25, 0.3) is 0 Å². The van der Waals surface area contributed by atoms with Gasteiger partial charge in [-0.25, -0.2) is 4.79 Å². The Morgan fingerprint density at radius 2 is 2.00 bits per heavy atom. The topological polar surface area (TPSA) is 61.4 Å². The smallest absolute Gasteiger partial charge is 0.315 e. The lowest BCUT2D eigenvalue weighted by molar-refractivity contribution is 0.230. The van der Waals surface area contributed by atoms with E-state index in [1.54, 1.807) is 0 Å². The Labute approximate surface area is 135 Å². The highest BCUT2D eigenvalue weighted by molar-refractivity contribution is 6.30. The fourth-order valence-electron chi connectivity index (χ4n) is 3.01. The number of aliphatic hydroxyl groups is 1. The molecule has 0 heterocycles. The Kier molecular flexibility index (Phi) is 4.41. The molecule has 0 unspecified atom stereocenters. The van der Waals surface area contributed by atoms with Crippen LogP contribution in [0.3, 0.4) is 0 Å². The number of amides is 2. The molecule has 5 heteroatoms. The number of carbonyl (C=O) groups excluding carboxylic acids is 1. The third kappa shape index (κ3) is 3.45. The normalized spacial score (nSPS) is 25.0. The first kappa shape index (κ1) is 15.4. The molecule has 2 aliphatic carbocycles. The molecule has 2 amide bonds. The summed E-state index contributed by atoms with van der Waals surface area (Å²) < 4.78 is 0. The zero-order valence-electron chi connectivity index (χ0n) is 12.4. The minimum Gasteiger partial charge on any atom is -0.396 e. The predicted molar refractivity (Wildman–Crippen MR) is 87.0 cm³/mol. The summed E-state index contributed by atoms with van der Waals surface area (Å²) >= 11 is 5.92. The van der Waals surface area contributed by atoms with Gasteiger partial charge < -0.3 is 15.7 Å². The molecule has 1 aromatic carbocycles. The van der Waals surface area contributed by atoms with Crippen LogP contribution in [0.15, 0.2) is 36.4 Å². The van der Waals surface area contributed by atoms with Crippen molar-refractivity contribution in [1.82, 2.24) is 10.6 Å². The van der Waals surface area contributed by atoms with Crippen LogP contribution in [0.1, 0.15) is 24.8 Å². The van der Waals surface area contributed by atoms with E-state index in [0.29, 0.717) is 6.54 Å². The zero-order chi connectivity index (χ0) is 15.6. The summed E-state index contributed by atoms with van der Waals surface area (Å²) in [4.78, 5) is 12.0. The van der Waals surface area contributed by atoms with Crippen molar-refractivity contribution in [3.63, 3.8) is 0 Å². The highest BCUT2D eigenvalue weighted by atomic mass is 35.5. The Balaban J connectivity index is 1.49. The number of nitrogens with one attached hydrogen (secondary N) is 2. The van der Waals surface area contributed by atoms with E-state index in [1.165, 1.54) is 5.56 Å². The van der Waals surface area contributed by atoms with Crippen molar-refractivity contribution in [2.45, 2.75) is 30.7 Å². The Bertz CT molecular complexity index is 567. The summed E-state index contributed by atoms with van der Waals surface area (Å²) in [6.07, 6.45) is 6.86. The van der Waals surface area contributed by atoms with Gasteiger partial charge in [-0.05, 0) is 37.0 Å². The average molecular weight is 321 g/mol. The molecule has 2 atom stereocenters. The summed E-state index contributed by atoms with van der Waals surface area (Å²) in [6.45, 7) is 0.774. The lowest BCUT2D eigenvalue weighted by Gasteiger charge is -2.19. The number of aliphatic hydroxyl groups excluding tert-OH is 1. The van der Waals surface area contributed by atoms with Crippen LogP contribution in [0.2, 0.25) is 5.02 Å². The second kappa shape index (κ2) is 6.31. The van der Waals surface area contributed by atoms with Gasteiger partial charge in [-0.15, -0.1) is 0 Å². The second-order valence-corrected chi connectivity index (χ2v) is 6.72. The van der Waals surface area contributed by atoms with Crippen molar-refractivity contribution in [2.75, 3.05) is 13.2 Å². The summed E-state index contributed by atoms with van der Waals surface area (Å²) in [5.74, 6) is 0.161. The van der Waals surface area contributed by atoms with Gasteiger partial charge in [-0.3, -0.25) is 0 Å². The Morgan fingerprint density at radius 3 is 2.59 bits per heavy atom. The number of rotatable bonds is 5. The SMILES string of the molecule is O=C(NCC1(c2ccc(Cl)cc2)CC1)N[C@@H]1C=C[C@H](CO)C1. The van der Waals surface area contributed by atoms with Crippen LogP contribution in [-0.2, 0) is 5.41 Å². The molecule has 22 heavy (non-hydrogen) atoms. The lowest BCUT2D eigenvalue weighted by atomic mass is 9.96. The number of halogens is 1. The van der Waals surface area contributed by atoms with Crippen LogP contribution < -0.4 is 10.6 Å². The lowest BCUT2D eigenvalue weighted by Crippen LogP contribution is -2.43. The van der Waals surface area contributed by atoms with Gasteiger partial charge in [0.15, 0.2) is 0 Å². The first-order valence-electron chi connectivity index (χ1n) is 7.71. The van der Waals surface area contributed by atoms with E-state index in [0.717, 1.165) is 24.3 Å². The molecule has 3 N–H and O–H groups in total. The first-order valence-corrected chi connectivity index (χ1v) is 8.09. The van der Waals surface area contributed by atoms with Gasteiger partial charge in [0.05, 0.1) is 0 Å². The number of hydrogen-bond acceptors (Lipinski definition) is 2. The summed E-state index contributed by atoms with van der Waals surface area (Å²) in [5, 5.41) is 15.7. The minimum absolute atomic E-state index is 0.0165. The van der Waals surface area contributed by atoms with E-state index >= 15 is 0 Å². The van der Waals surface area contributed by atoms with Crippen molar-refractivity contribution in [1.29, 1.82) is 0 Å². The number of benzene rings is 1. The van der Waals surface area contributed by atoms with Crippen molar-refractivity contribution in [3.8, 4) is 0 Å². The molecule has 118 valence electrons. The van der Waals surface area contributed by atoms with Gasteiger partial charge in [0.2, 0.25) is 0 Å². The first-order chi connectivity index (χ1) is 10.6. The van der Waals surface area contributed by atoms with Gasteiger partial charge in [0.25, 0.3) is 0 Å². The van der Waals surface area contributed by atoms with Gasteiger partial charge >= 0.3 is 6.03 Å². The van der Waals surface area contributed by atoms with Crippen molar-refractivity contribution < 1.29 is 9.90 Å². The van der Waals surface area contributed by atoms with E-state index in [9.17, 15) is 4.79 Å². The molecule has 1 saturated carbocycles. The molecule has 0 saturated heterocycles. The summed E-state index contributed by atoms with van der Waals surface area (Å²) in [7, 11) is 0. The fraction of sp³-hybridized carbons (Fsp3) is 0.471. The van der Waals surface area contributed by atoms with Gasteiger partial charge in [0.1, 0.15) is 0 Å². The molecule has 0 spiro atoms. The third-order valence-electron chi connectivity index (χ3n) is 4.62. The molecule has 1 fully saturated rings. The predicted octanol–water partition coefficient (Wildman–Crippen LogP) is 2.61. The standard InChI is InChI=1S/C17H21ClN2O2/c18-14-4-2-13(3-5-14)17(7-8-17)11-19-16(22)20-15-6-1-12(9-15)10-21/h1-6,12,15,21H,7-11H2,(H2,19,20,22)/t12-,15+/m0/s1. The maximum atomic E-state index is 12.0. The number of carbonyl (C=O) groups is 1. The van der Waals surface area contributed by atoms with Crippen LogP contribution in [0.5, 0.6) is 0 Å². The van der Waals surface area contributed by atoms with E-state index in [2.05, 4.69) is 10.6 Å². The number of hydrogen-bond donors (Lipinski definition) is 3. The maximum Gasteiger partial charge on any atom is 0.315 e. The molecule has 2 aliphatic rings. The minimum atomic E-state index is -0.145.